The molecule has 164 valence electrons. The first kappa shape index (κ1) is 22.6. The average molecular weight is 421 g/mol. The molecule has 0 atom stereocenters. The molecule has 0 spiro atoms. The van der Waals surface area contributed by atoms with Gasteiger partial charge in [-0.05, 0) is 43.9 Å². The van der Waals surface area contributed by atoms with Crippen molar-refractivity contribution < 1.29 is 14.3 Å². The van der Waals surface area contributed by atoms with Crippen LogP contribution in [0.1, 0.15) is 67.7 Å². The summed E-state index contributed by atoms with van der Waals surface area (Å²) in [5.74, 6) is -0.100. The summed E-state index contributed by atoms with van der Waals surface area (Å²) in [5.41, 5.74) is 4.10. The quantitative estimate of drug-likeness (QED) is 0.567. The van der Waals surface area contributed by atoms with Gasteiger partial charge >= 0.3 is 5.97 Å². The van der Waals surface area contributed by atoms with Gasteiger partial charge in [-0.2, -0.15) is 0 Å². The van der Waals surface area contributed by atoms with Crippen LogP contribution in [-0.4, -0.2) is 29.1 Å². The zero-order valence-electron chi connectivity index (χ0n) is 19.3. The van der Waals surface area contributed by atoms with Crippen LogP contribution in [0.3, 0.4) is 0 Å². The first-order valence-electron chi connectivity index (χ1n) is 10.7. The summed E-state index contributed by atoms with van der Waals surface area (Å²) in [7, 11) is 1.37. The van der Waals surface area contributed by atoms with Crippen molar-refractivity contribution in [3.8, 4) is 0 Å². The molecule has 1 aromatic heterocycles. The van der Waals surface area contributed by atoms with Crippen LogP contribution in [0, 0.1) is 0 Å². The minimum absolute atomic E-state index is 0.0448. The molecule has 1 N–H and O–H groups in total. The molecule has 0 bridgehead atoms. The fourth-order valence-electron chi connectivity index (χ4n) is 3.78. The van der Waals surface area contributed by atoms with Gasteiger partial charge in [0.25, 0.3) is 5.91 Å². The van der Waals surface area contributed by atoms with Gasteiger partial charge in [-0.1, -0.05) is 56.3 Å². The van der Waals surface area contributed by atoms with Gasteiger partial charge in [-0.25, -0.2) is 0 Å². The lowest BCUT2D eigenvalue weighted by atomic mass is 10.0. The predicted molar refractivity (Wildman–Crippen MR) is 125 cm³/mol. The van der Waals surface area contributed by atoms with Crippen LogP contribution in [0.2, 0.25) is 0 Å². The first-order chi connectivity index (χ1) is 14.6. The van der Waals surface area contributed by atoms with E-state index >= 15 is 0 Å². The monoisotopic (exact) mass is 420 g/mol. The van der Waals surface area contributed by atoms with E-state index in [0.29, 0.717) is 23.7 Å². The highest BCUT2D eigenvalue weighted by Gasteiger charge is 2.27. The summed E-state index contributed by atoms with van der Waals surface area (Å²) < 4.78 is 6.93. The lowest BCUT2D eigenvalue weighted by Gasteiger charge is -2.22. The maximum atomic E-state index is 13.4. The Morgan fingerprint density at radius 3 is 2.26 bits per heavy atom. The number of aromatic nitrogens is 1. The first-order valence-corrected chi connectivity index (χ1v) is 10.7. The van der Waals surface area contributed by atoms with E-state index in [9.17, 15) is 9.59 Å². The second-order valence-corrected chi connectivity index (χ2v) is 9.28. The van der Waals surface area contributed by atoms with E-state index < -0.39 is 5.54 Å². The highest BCUT2D eigenvalue weighted by molar-refractivity contribution is 6.03. The summed E-state index contributed by atoms with van der Waals surface area (Å²) in [6.45, 7) is 10.7. The van der Waals surface area contributed by atoms with Crippen molar-refractivity contribution in [2.75, 3.05) is 7.11 Å². The van der Waals surface area contributed by atoms with Crippen molar-refractivity contribution in [2.45, 2.75) is 59.0 Å². The number of ether oxygens (including phenoxy) is 1. The second kappa shape index (κ2) is 8.96. The number of amides is 1. The van der Waals surface area contributed by atoms with Gasteiger partial charge in [-0.3, -0.25) is 9.59 Å². The van der Waals surface area contributed by atoms with Crippen molar-refractivity contribution in [2.24, 2.45) is 0 Å². The van der Waals surface area contributed by atoms with Crippen LogP contribution in [0.5, 0.6) is 0 Å². The molecule has 1 heterocycles. The van der Waals surface area contributed by atoms with Gasteiger partial charge in [0.05, 0.1) is 13.5 Å². The lowest BCUT2D eigenvalue weighted by Crippen LogP contribution is -2.41. The summed E-state index contributed by atoms with van der Waals surface area (Å²) in [5, 5.41) is 3.96. The molecule has 3 rings (SSSR count). The molecule has 2 aromatic carbocycles. The van der Waals surface area contributed by atoms with E-state index in [4.69, 9.17) is 4.74 Å². The Balaban J connectivity index is 2.16. The third-order valence-electron chi connectivity index (χ3n) is 5.32. The maximum Gasteiger partial charge on any atom is 0.310 e. The van der Waals surface area contributed by atoms with Gasteiger partial charge in [0, 0.05) is 28.6 Å². The van der Waals surface area contributed by atoms with Crippen LogP contribution in [0.4, 0.5) is 0 Å². The number of carbonyl (C=O) groups excluding carboxylic acids is 2. The summed E-state index contributed by atoms with van der Waals surface area (Å²) in [6, 6.07) is 16.3. The number of para-hydroxylation sites is 1. The van der Waals surface area contributed by atoms with Crippen molar-refractivity contribution in [3.63, 3.8) is 0 Å². The molecule has 0 saturated carbocycles. The lowest BCUT2D eigenvalue weighted by molar-refractivity contribution is -0.139. The fourth-order valence-corrected chi connectivity index (χ4v) is 3.78. The minimum Gasteiger partial charge on any atom is -0.469 e. The van der Waals surface area contributed by atoms with E-state index in [0.717, 1.165) is 16.5 Å². The van der Waals surface area contributed by atoms with Crippen LogP contribution < -0.4 is 5.32 Å². The molecular formula is C26H32N2O3. The number of rotatable bonds is 6. The summed E-state index contributed by atoms with van der Waals surface area (Å²) >= 11 is 0. The van der Waals surface area contributed by atoms with Crippen molar-refractivity contribution in [1.29, 1.82) is 0 Å². The van der Waals surface area contributed by atoms with Crippen LogP contribution in [0.25, 0.3) is 10.9 Å². The number of hydrogen-bond acceptors (Lipinski definition) is 3. The van der Waals surface area contributed by atoms with Crippen LogP contribution >= 0.6 is 0 Å². The normalized spacial score (nSPS) is 11.7. The van der Waals surface area contributed by atoms with Gasteiger partial charge in [0.1, 0.15) is 5.69 Å². The van der Waals surface area contributed by atoms with E-state index in [1.807, 2.05) is 49.6 Å². The Kier molecular flexibility index (Phi) is 6.54. The largest absolute Gasteiger partial charge is 0.469 e. The number of carbonyl (C=O) groups is 2. The van der Waals surface area contributed by atoms with E-state index in [1.165, 1.54) is 12.7 Å². The predicted octanol–water partition coefficient (Wildman–Crippen LogP) is 5.06. The highest BCUT2D eigenvalue weighted by Crippen LogP contribution is 2.29. The molecule has 31 heavy (non-hydrogen) atoms. The number of esters is 1. The number of nitrogens with one attached hydrogen (secondary N) is 1. The van der Waals surface area contributed by atoms with Crippen molar-refractivity contribution in [3.05, 3.63) is 70.9 Å². The molecule has 0 radical (unpaired) electrons. The zero-order chi connectivity index (χ0) is 22.8. The number of fused-ring (bicyclic) bond motifs is 1. The Labute approximate surface area is 184 Å². The molecule has 0 unspecified atom stereocenters. The fraction of sp³-hybridized carbons (Fsp3) is 0.385. The Morgan fingerprint density at radius 2 is 1.68 bits per heavy atom. The molecule has 0 saturated heterocycles. The molecular weight excluding hydrogens is 388 g/mol. The van der Waals surface area contributed by atoms with Gasteiger partial charge in [-0.15, -0.1) is 0 Å². The molecule has 3 aromatic rings. The number of methoxy groups -OCH3 is 1. The molecule has 5 nitrogen and oxygen atoms in total. The SMILES string of the molecule is COC(=O)Cc1c(C(=O)NC(C)(C)C)n(Cc2ccc(C(C)C)cc2)c2ccccc12. The molecule has 5 heteroatoms. The molecule has 1 amide bonds. The van der Waals surface area contributed by atoms with E-state index in [1.54, 1.807) is 0 Å². The molecule has 0 fully saturated rings. The standard InChI is InChI=1S/C26H32N2O3/c1-17(2)19-13-11-18(12-14-19)16-28-22-10-8-7-9-20(22)21(15-23(29)31-6)24(28)25(30)27-26(3,4)5/h7-14,17H,15-16H2,1-6H3,(H,27,30). The minimum atomic E-state index is -0.403. The van der Waals surface area contributed by atoms with Gasteiger partial charge < -0.3 is 14.6 Å². The van der Waals surface area contributed by atoms with Gasteiger partial charge in [0.2, 0.25) is 0 Å². The van der Waals surface area contributed by atoms with Crippen LogP contribution in [-0.2, 0) is 22.5 Å². The number of benzene rings is 2. The Bertz CT molecular complexity index is 1090. The van der Waals surface area contributed by atoms with Gasteiger partial charge in [0.15, 0.2) is 0 Å². The summed E-state index contributed by atoms with van der Waals surface area (Å²) in [6.07, 6.45) is 0.0448. The number of nitrogens with zero attached hydrogens (tertiary/aromatic N) is 1. The van der Waals surface area contributed by atoms with Crippen molar-refractivity contribution in [1.82, 2.24) is 9.88 Å². The third kappa shape index (κ3) is 5.16. The Hall–Kier alpha value is -3.08. The smallest absolute Gasteiger partial charge is 0.310 e. The Morgan fingerprint density at radius 1 is 1.03 bits per heavy atom. The number of hydrogen-bond donors (Lipinski definition) is 1. The molecule has 0 aliphatic rings. The highest BCUT2D eigenvalue weighted by atomic mass is 16.5. The molecule has 0 aliphatic heterocycles. The van der Waals surface area contributed by atoms with Crippen LogP contribution in [0.15, 0.2) is 48.5 Å². The maximum absolute atomic E-state index is 13.4. The average Bonchev–Trinajstić information content (AvgIpc) is 3.00. The second-order valence-electron chi connectivity index (χ2n) is 9.28. The van der Waals surface area contributed by atoms with E-state index in [2.05, 4.69) is 43.4 Å². The topological polar surface area (TPSA) is 60.3 Å². The zero-order valence-corrected chi connectivity index (χ0v) is 19.3. The van der Waals surface area contributed by atoms with Crippen molar-refractivity contribution >= 4 is 22.8 Å². The summed E-state index contributed by atoms with van der Waals surface area (Å²) in [4.78, 5) is 25.6. The van der Waals surface area contributed by atoms with E-state index in [-0.39, 0.29) is 18.3 Å². The third-order valence-corrected chi connectivity index (χ3v) is 5.32. The molecule has 0 aliphatic carbocycles.